The zero-order valence-electron chi connectivity index (χ0n) is 26.1. The van der Waals surface area contributed by atoms with Crippen LogP contribution in [0.15, 0.2) is 87.2 Å². The SMILES string of the molecule is CCOc1cc(C=Nn2c(-c3cc(C(C)C)c(OC)cc3C)nc3ccccc3c2=O)c(Br)cc1OCc1ccc([N+](=O)[O-])cc1. The molecule has 0 amide bonds. The molecule has 0 spiro atoms. The molecule has 1 aromatic heterocycles. The molecule has 0 fully saturated rings. The number of nitro benzene ring substituents is 1. The maximum absolute atomic E-state index is 13.9. The van der Waals surface area contributed by atoms with E-state index in [1.54, 1.807) is 49.7 Å². The van der Waals surface area contributed by atoms with Crippen LogP contribution in [0.3, 0.4) is 0 Å². The van der Waals surface area contributed by atoms with Gasteiger partial charge in [-0.05, 0) is 101 Å². The Bertz CT molecular complexity index is 2000. The molecule has 10 nitrogen and oxygen atoms in total. The highest BCUT2D eigenvalue weighted by atomic mass is 79.9. The summed E-state index contributed by atoms with van der Waals surface area (Å²) in [7, 11) is 1.65. The minimum atomic E-state index is -0.443. The van der Waals surface area contributed by atoms with Crippen LogP contribution in [-0.2, 0) is 6.61 Å². The standard InChI is InChI=1S/C35H33BrN4O6/c1-6-45-32-16-24(29(36)18-33(32)46-20-23-11-13-25(14-12-23)40(42)43)19-37-39-34(38-30-10-8-7-9-26(30)35(39)41)28-17-27(21(2)3)31(44-5)15-22(28)4/h7-19,21H,6,20H2,1-5H3. The van der Waals surface area contributed by atoms with Crippen molar-refractivity contribution in [2.75, 3.05) is 13.7 Å². The van der Waals surface area contributed by atoms with Crippen molar-refractivity contribution in [1.29, 1.82) is 0 Å². The molecule has 0 radical (unpaired) electrons. The summed E-state index contributed by atoms with van der Waals surface area (Å²) in [5.74, 6) is 2.31. The molecule has 0 bridgehead atoms. The number of hydrogen-bond acceptors (Lipinski definition) is 8. The minimum absolute atomic E-state index is 0.0107. The number of rotatable bonds is 11. The number of ether oxygens (including phenoxy) is 3. The molecule has 4 aromatic carbocycles. The fraction of sp³-hybridized carbons (Fsp3) is 0.229. The molecule has 5 aromatic rings. The van der Waals surface area contributed by atoms with Crippen molar-refractivity contribution >= 4 is 38.7 Å². The molecule has 0 unspecified atom stereocenters. The van der Waals surface area contributed by atoms with Gasteiger partial charge >= 0.3 is 0 Å². The number of para-hydroxylation sites is 1. The van der Waals surface area contributed by atoms with Gasteiger partial charge in [-0.25, -0.2) is 4.98 Å². The summed E-state index contributed by atoms with van der Waals surface area (Å²) < 4.78 is 19.5. The van der Waals surface area contributed by atoms with Crippen molar-refractivity contribution in [2.24, 2.45) is 5.10 Å². The van der Waals surface area contributed by atoms with E-state index in [2.05, 4.69) is 34.9 Å². The molecule has 46 heavy (non-hydrogen) atoms. The predicted octanol–water partition coefficient (Wildman–Crippen LogP) is 8.03. The van der Waals surface area contributed by atoms with E-state index in [0.29, 0.717) is 44.9 Å². The lowest BCUT2D eigenvalue weighted by molar-refractivity contribution is -0.384. The first-order valence-electron chi connectivity index (χ1n) is 14.7. The van der Waals surface area contributed by atoms with Gasteiger partial charge in [0.2, 0.25) is 0 Å². The fourth-order valence-electron chi connectivity index (χ4n) is 5.00. The molecule has 1 heterocycles. The Hall–Kier alpha value is -5.03. The van der Waals surface area contributed by atoms with Gasteiger partial charge in [0.25, 0.3) is 11.2 Å². The predicted molar refractivity (Wildman–Crippen MR) is 183 cm³/mol. The third-order valence-corrected chi connectivity index (χ3v) is 8.10. The van der Waals surface area contributed by atoms with Gasteiger partial charge < -0.3 is 14.2 Å². The van der Waals surface area contributed by atoms with E-state index in [9.17, 15) is 14.9 Å². The average molecular weight is 686 g/mol. The van der Waals surface area contributed by atoms with Crippen LogP contribution in [-0.4, -0.2) is 34.5 Å². The molecule has 0 aliphatic heterocycles. The summed E-state index contributed by atoms with van der Waals surface area (Å²) >= 11 is 3.61. The van der Waals surface area contributed by atoms with Gasteiger partial charge in [-0.3, -0.25) is 14.9 Å². The zero-order valence-corrected chi connectivity index (χ0v) is 27.7. The van der Waals surface area contributed by atoms with E-state index in [1.165, 1.54) is 16.8 Å². The summed E-state index contributed by atoms with van der Waals surface area (Å²) in [4.78, 5) is 29.3. The first kappa shape index (κ1) is 32.4. The van der Waals surface area contributed by atoms with E-state index in [-0.39, 0.29) is 23.8 Å². The number of non-ortho nitro benzene ring substituents is 1. The number of fused-ring (bicyclic) bond motifs is 1. The van der Waals surface area contributed by atoms with E-state index in [0.717, 1.165) is 28.0 Å². The van der Waals surface area contributed by atoms with Gasteiger partial charge in [0.15, 0.2) is 17.3 Å². The second-order valence-corrected chi connectivity index (χ2v) is 11.7. The Morgan fingerprint density at radius 1 is 1.02 bits per heavy atom. The van der Waals surface area contributed by atoms with E-state index >= 15 is 0 Å². The number of halogens is 1. The van der Waals surface area contributed by atoms with Gasteiger partial charge in [0.1, 0.15) is 12.4 Å². The number of aryl methyl sites for hydroxylation is 1. The highest BCUT2D eigenvalue weighted by molar-refractivity contribution is 9.10. The summed E-state index contributed by atoms with van der Waals surface area (Å²) in [6.45, 7) is 8.56. The van der Waals surface area contributed by atoms with Crippen LogP contribution in [0.5, 0.6) is 17.2 Å². The number of hydrogen-bond donors (Lipinski definition) is 0. The molecule has 0 aliphatic rings. The monoisotopic (exact) mass is 684 g/mol. The number of nitro groups is 1. The van der Waals surface area contributed by atoms with Gasteiger partial charge in [0, 0.05) is 27.7 Å². The molecular weight excluding hydrogens is 652 g/mol. The zero-order chi connectivity index (χ0) is 33.0. The second-order valence-electron chi connectivity index (χ2n) is 10.8. The normalized spacial score (nSPS) is 11.4. The lowest BCUT2D eigenvalue weighted by Gasteiger charge is -2.17. The number of benzene rings is 4. The van der Waals surface area contributed by atoms with Crippen LogP contribution >= 0.6 is 15.9 Å². The Morgan fingerprint density at radius 3 is 2.41 bits per heavy atom. The molecule has 0 saturated carbocycles. The lowest BCUT2D eigenvalue weighted by atomic mass is 9.96. The average Bonchev–Trinajstić information content (AvgIpc) is 3.04. The van der Waals surface area contributed by atoms with Gasteiger partial charge in [-0.1, -0.05) is 26.0 Å². The van der Waals surface area contributed by atoms with Gasteiger partial charge in [-0.15, -0.1) is 0 Å². The van der Waals surface area contributed by atoms with Gasteiger partial charge in [-0.2, -0.15) is 9.78 Å². The molecule has 0 aliphatic carbocycles. The van der Waals surface area contributed by atoms with E-state index in [4.69, 9.17) is 19.2 Å². The lowest BCUT2D eigenvalue weighted by Crippen LogP contribution is -2.21. The van der Waals surface area contributed by atoms with Gasteiger partial charge in [0.05, 0.1) is 35.8 Å². The quantitative estimate of drug-likeness (QED) is 0.0785. The summed E-state index contributed by atoms with van der Waals surface area (Å²) in [5, 5.41) is 16.1. The highest BCUT2D eigenvalue weighted by Gasteiger charge is 2.19. The second kappa shape index (κ2) is 13.9. The molecule has 11 heteroatoms. The Kier molecular flexibility index (Phi) is 9.81. The molecule has 236 valence electrons. The first-order chi connectivity index (χ1) is 22.1. The largest absolute Gasteiger partial charge is 0.496 e. The summed E-state index contributed by atoms with van der Waals surface area (Å²) in [6.07, 6.45) is 1.58. The molecule has 0 saturated heterocycles. The van der Waals surface area contributed by atoms with Crippen LogP contribution in [0.4, 0.5) is 5.69 Å². The maximum atomic E-state index is 13.9. The summed E-state index contributed by atoms with van der Waals surface area (Å²) in [6, 6.07) is 20.9. The highest BCUT2D eigenvalue weighted by Crippen LogP contribution is 2.36. The van der Waals surface area contributed by atoms with E-state index < -0.39 is 4.92 Å². The fourth-order valence-corrected chi connectivity index (χ4v) is 5.42. The van der Waals surface area contributed by atoms with Crippen LogP contribution < -0.4 is 19.8 Å². The van der Waals surface area contributed by atoms with Crippen molar-refractivity contribution in [3.8, 4) is 28.6 Å². The van der Waals surface area contributed by atoms with Crippen molar-refractivity contribution in [3.63, 3.8) is 0 Å². The Labute approximate surface area is 274 Å². The third kappa shape index (κ3) is 6.79. The third-order valence-electron chi connectivity index (χ3n) is 7.41. The number of methoxy groups -OCH3 is 1. The molecule has 0 atom stereocenters. The Morgan fingerprint density at radius 2 is 1.74 bits per heavy atom. The minimum Gasteiger partial charge on any atom is -0.496 e. The Balaban J connectivity index is 1.56. The van der Waals surface area contributed by atoms with Crippen molar-refractivity contribution in [3.05, 3.63) is 120 Å². The van der Waals surface area contributed by atoms with Crippen molar-refractivity contribution < 1.29 is 19.1 Å². The van der Waals surface area contributed by atoms with Crippen LogP contribution in [0.25, 0.3) is 22.3 Å². The molecular formula is C35H33BrN4O6. The maximum Gasteiger partial charge on any atom is 0.282 e. The van der Waals surface area contributed by atoms with E-state index in [1.807, 2.05) is 38.1 Å². The van der Waals surface area contributed by atoms with Crippen molar-refractivity contribution in [2.45, 2.75) is 40.2 Å². The molecule has 0 N–H and O–H groups in total. The topological polar surface area (TPSA) is 118 Å². The first-order valence-corrected chi connectivity index (χ1v) is 15.5. The van der Waals surface area contributed by atoms with Crippen LogP contribution in [0.1, 0.15) is 48.9 Å². The molecule has 5 rings (SSSR count). The number of aromatic nitrogens is 2. The summed E-state index contributed by atoms with van der Waals surface area (Å²) in [5.41, 5.74) is 4.35. The smallest absolute Gasteiger partial charge is 0.282 e. The van der Waals surface area contributed by atoms with Crippen LogP contribution in [0, 0.1) is 17.0 Å². The number of nitrogens with zero attached hydrogens (tertiary/aromatic N) is 4. The van der Waals surface area contributed by atoms with Crippen LogP contribution in [0.2, 0.25) is 0 Å². The van der Waals surface area contributed by atoms with Crippen molar-refractivity contribution in [1.82, 2.24) is 9.66 Å².